The van der Waals surface area contributed by atoms with Gasteiger partial charge >= 0.3 is 12.1 Å². The Morgan fingerprint density at radius 3 is 2.56 bits per heavy atom. The molecule has 1 aliphatic rings. The molecule has 0 bridgehead atoms. The highest BCUT2D eigenvalue weighted by molar-refractivity contribution is 5.94. The number of hydrogen-bond donors (Lipinski definition) is 3. The largest absolute Gasteiger partial charge is 0.350 e. The Morgan fingerprint density at radius 1 is 1.56 bits per heavy atom. The van der Waals surface area contributed by atoms with Crippen LogP contribution in [-0.2, 0) is 0 Å². The first-order valence-corrected chi connectivity index (χ1v) is 5.62. The van der Waals surface area contributed by atoms with Gasteiger partial charge in [0, 0.05) is 0 Å². The number of hydrazine groups is 1. The first-order chi connectivity index (χ1) is 7.43. The van der Waals surface area contributed by atoms with Crippen molar-refractivity contribution in [1.82, 2.24) is 15.8 Å². The van der Waals surface area contributed by atoms with Gasteiger partial charge in [0.15, 0.2) is 0 Å². The molecule has 16 heavy (non-hydrogen) atoms. The number of carbonyl (C=O) groups excluding carboxylic acids is 2. The molecule has 6 heteroatoms. The second-order valence-electron chi connectivity index (χ2n) is 4.45. The molecule has 0 saturated carbocycles. The molecular weight excluding hydrogens is 208 g/mol. The number of primary amides is 1. The van der Waals surface area contributed by atoms with Crippen LogP contribution >= 0.6 is 0 Å². The van der Waals surface area contributed by atoms with E-state index in [-0.39, 0.29) is 5.92 Å². The van der Waals surface area contributed by atoms with Crippen molar-refractivity contribution in [3.63, 3.8) is 0 Å². The standard InChI is InChI=1S/C10H20N4O2/c1-4-5-6-10(7(2)3)12-9(16)14(13-10)8(11)15/h7,13H,4-6H2,1-3H3,(H2,11,15)(H,12,16). The molecule has 4 N–H and O–H groups in total. The van der Waals surface area contributed by atoms with E-state index in [0.29, 0.717) is 0 Å². The summed E-state index contributed by atoms with van der Waals surface area (Å²) in [4.78, 5) is 22.6. The normalized spacial score (nSPS) is 25.0. The molecule has 1 aliphatic heterocycles. The number of carbonyl (C=O) groups is 2. The number of hydrogen-bond acceptors (Lipinski definition) is 3. The monoisotopic (exact) mass is 228 g/mol. The van der Waals surface area contributed by atoms with E-state index < -0.39 is 17.7 Å². The number of nitrogens with zero attached hydrogens (tertiary/aromatic N) is 1. The van der Waals surface area contributed by atoms with Gasteiger partial charge in [-0.3, -0.25) is 0 Å². The van der Waals surface area contributed by atoms with Crippen LogP contribution in [0, 0.1) is 5.92 Å². The molecule has 0 aromatic carbocycles. The van der Waals surface area contributed by atoms with Crippen LogP contribution in [0.5, 0.6) is 0 Å². The summed E-state index contributed by atoms with van der Waals surface area (Å²) < 4.78 is 0. The molecule has 0 spiro atoms. The Labute approximate surface area is 95.5 Å². The van der Waals surface area contributed by atoms with Gasteiger partial charge in [0.2, 0.25) is 0 Å². The van der Waals surface area contributed by atoms with E-state index in [0.717, 1.165) is 24.3 Å². The van der Waals surface area contributed by atoms with Crippen molar-refractivity contribution in [2.45, 2.75) is 45.7 Å². The SMILES string of the molecule is CCCCC1(C(C)C)NC(=O)N(C(N)=O)N1. The maximum Gasteiger partial charge on any atom is 0.341 e. The smallest absolute Gasteiger partial charge is 0.341 e. The van der Waals surface area contributed by atoms with Gasteiger partial charge in [-0.05, 0) is 18.8 Å². The molecular formula is C10H20N4O2. The van der Waals surface area contributed by atoms with Gasteiger partial charge in [0.1, 0.15) is 5.66 Å². The Hall–Kier alpha value is -1.30. The molecule has 92 valence electrons. The van der Waals surface area contributed by atoms with Crippen LogP contribution in [0.3, 0.4) is 0 Å². The summed E-state index contributed by atoms with van der Waals surface area (Å²) >= 11 is 0. The second kappa shape index (κ2) is 4.69. The highest BCUT2D eigenvalue weighted by Crippen LogP contribution is 2.25. The third-order valence-electron chi connectivity index (χ3n) is 2.98. The van der Waals surface area contributed by atoms with Crippen LogP contribution in [0.4, 0.5) is 9.59 Å². The van der Waals surface area contributed by atoms with E-state index in [2.05, 4.69) is 17.7 Å². The predicted octanol–water partition coefficient (Wildman–Crippen LogP) is 1.14. The summed E-state index contributed by atoms with van der Waals surface area (Å²) in [5, 5.41) is 3.65. The Kier molecular flexibility index (Phi) is 3.74. The van der Waals surface area contributed by atoms with Gasteiger partial charge in [-0.2, -0.15) is 10.4 Å². The summed E-state index contributed by atoms with van der Waals surface area (Å²) in [5.41, 5.74) is 7.43. The van der Waals surface area contributed by atoms with Crippen molar-refractivity contribution in [2.24, 2.45) is 11.7 Å². The number of imide groups is 1. The van der Waals surface area contributed by atoms with E-state index in [1.165, 1.54) is 0 Å². The summed E-state index contributed by atoms with van der Waals surface area (Å²) in [6, 6.07) is -1.26. The fraction of sp³-hybridized carbons (Fsp3) is 0.800. The summed E-state index contributed by atoms with van der Waals surface area (Å²) in [5.74, 6) is 0.173. The molecule has 1 heterocycles. The quantitative estimate of drug-likeness (QED) is 0.674. The van der Waals surface area contributed by atoms with E-state index in [1.54, 1.807) is 0 Å². The number of nitrogens with two attached hydrogens (primary N) is 1. The molecule has 0 aliphatic carbocycles. The Bertz CT molecular complexity index is 293. The molecule has 0 radical (unpaired) electrons. The summed E-state index contributed by atoms with van der Waals surface area (Å²) in [6.07, 6.45) is 2.78. The number of nitrogens with one attached hydrogen (secondary N) is 2. The van der Waals surface area contributed by atoms with E-state index >= 15 is 0 Å². The highest BCUT2D eigenvalue weighted by atomic mass is 16.2. The Morgan fingerprint density at radius 2 is 2.19 bits per heavy atom. The molecule has 1 unspecified atom stereocenters. The van der Waals surface area contributed by atoms with Gasteiger partial charge < -0.3 is 11.1 Å². The lowest BCUT2D eigenvalue weighted by atomic mass is 9.91. The van der Waals surface area contributed by atoms with Gasteiger partial charge in [-0.1, -0.05) is 27.2 Å². The zero-order chi connectivity index (χ0) is 12.3. The van der Waals surface area contributed by atoms with Gasteiger partial charge in [-0.15, -0.1) is 0 Å². The summed E-state index contributed by atoms with van der Waals surface area (Å²) in [7, 11) is 0. The van der Waals surface area contributed by atoms with Gasteiger partial charge in [-0.25, -0.2) is 9.59 Å². The maximum atomic E-state index is 11.6. The topological polar surface area (TPSA) is 87.5 Å². The first-order valence-electron chi connectivity index (χ1n) is 5.62. The number of amides is 4. The average Bonchev–Trinajstić information content (AvgIpc) is 2.54. The third-order valence-corrected chi connectivity index (χ3v) is 2.98. The van der Waals surface area contributed by atoms with Crippen molar-refractivity contribution < 1.29 is 9.59 Å². The first kappa shape index (κ1) is 12.8. The fourth-order valence-corrected chi connectivity index (χ4v) is 1.82. The Balaban J connectivity index is 2.82. The predicted molar refractivity (Wildman–Crippen MR) is 60.2 cm³/mol. The van der Waals surface area contributed by atoms with E-state index in [4.69, 9.17) is 5.73 Å². The van der Waals surface area contributed by atoms with Crippen LogP contribution < -0.4 is 16.5 Å². The number of unbranched alkanes of at least 4 members (excludes halogenated alkanes) is 1. The zero-order valence-corrected chi connectivity index (χ0v) is 10.0. The minimum Gasteiger partial charge on any atom is -0.350 e. The highest BCUT2D eigenvalue weighted by Gasteiger charge is 2.45. The van der Waals surface area contributed by atoms with E-state index in [9.17, 15) is 9.59 Å². The lowest BCUT2D eigenvalue weighted by Gasteiger charge is -2.32. The van der Waals surface area contributed by atoms with Crippen molar-refractivity contribution in [3.05, 3.63) is 0 Å². The molecule has 0 aromatic heterocycles. The minimum absolute atomic E-state index is 0.173. The van der Waals surface area contributed by atoms with Crippen molar-refractivity contribution in [3.8, 4) is 0 Å². The lowest BCUT2D eigenvalue weighted by Crippen LogP contribution is -2.56. The fourth-order valence-electron chi connectivity index (χ4n) is 1.82. The third kappa shape index (κ3) is 2.27. The molecule has 1 fully saturated rings. The molecule has 0 aromatic rings. The minimum atomic E-state index is -0.781. The number of urea groups is 2. The van der Waals surface area contributed by atoms with Gasteiger partial charge in [0.25, 0.3) is 0 Å². The maximum absolute atomic E-state index is 11.6. The molecule has 1 rings (SSSR count). The van der Waals surface area contributed by atoms with Crippen LogP contribution in [-0.4, -0.2) is 22.7 Å². The van der Waals surface area contributed by atoms with Crippen molar-refractivity contribution in [2.75, 3.05) is 0 Å². The van der Waals surface area contributed by atoms with Crippen LogP contribution in [0.1, 0.15) is 40.0 Å². The van der Waals surface area contributed by atoms with Crippen LogP contribution in [0.2, 0.25) is 0 Å². The molecule has 6 nitrogen and oxygen atoms in total. The molecule has 1 atom stereocenters. The van der Waals surface area contributed by atoms with Gasteiger partial charge in [0.05, 0.1) is 0 Å². The second-order valence-corrected chi connectivity index (χ2v) is 4.45. The van der Waals surface area contributed by atoms with Crippen molar-refractivity contribution >= 4 is 12.1 Å². The molecule has 4 amide bonds. The van der Waals surface area contributed by atoms with Crippen LogP contribution in [0.15, 0.2) is 0 Å². The van der Waals surface area contributed by atoms with Crippen LogP contribution in [0.25, 0.3) is 0 Å². The zero-order valence-electron chi connectivity index (χ0n) is 10.0. The van der Waals surface area contributed by atoms with E-state index in [1.807, 2.05) is 13.8 Å². The average molecular weight is 228 g/mol. The lowest BCUT2D eigenvalue weighted by molar-refractivity contribution is 0.150. The summed E-state index contributed by atoms with van der Waals surface area (Å²) in [6.45, 7) is 6.07. The molecule has 1 saturated heterocycles. The van der Waals surface area contributed by atoms with Crippen molar-refractivity contribution in [1.29, 1.82) is 0 Å². The number of rotatable bonds is 4.